The second-order valence-corrected chi connectivity index (χ2v) is 8.30. The fourth-order valence-electron chi connectivity index (χ4n) is 1.97. The molecule has 6 nitrogen and oxygen atoms in total. The Morgan fingerprint density at radius 1 is 1.43 bits per heavy atom. The highest BCUT2D eigenvalue weighted by Crippen LogP contribution is 2.19. The number of nitrogens with zero attached hydrogens (tertiary/aromatic N) is 3. The van der Waals surface area contributed by atoms with Gasteiger partial charge in [-0.3, -0.25) is 4.99 Å². The van der Waals surface area contributed by atoms with Gasteiger partial charge in [-0.1, -0.05) is 12.1 Å². The first-order valence-corrected chi connectivity index (χ1v) is 9.78. The molecule has 1 rings (SSSR count). The number of rotatable bonds is 9. The first kappa shape index (κ1) is 19.7. The molecule has 0 saturated heterocycles. The molecular weight excluding hydrogens is 332 g/mol. The van der Waals surface area contributed by atoms with Crippen LogP contribution in [0.15, 0.2) is 39.4 Å². The second-order valence-electron chi connectivity index (χ2n) is 5.09. The van der Waals surface area contributed by atoms with Crippen LogP contribution in [0.2, 0.25) is 0 Å². The van der Waals surface area contributed by atoms with E-state index in [1.54, 1.807) is 31.6 Å². The Balaban J connectivity index is 2.46. The van der Waals surface area contributed by atoms with Crippen molar-refractivity contribution < 1.29 is 8.42 Å². The lowest BCUT2D eigenvalue weighted by Crippen LogP contribution is -2.43. The molecule has 0 aliphatic heterocycles. The molecule has 0 aliphatic carbocycles. The molecule has 0 bridgehead atoms. The normalized spacial score (nSPS) is 12.4. The molecule has 0 fully saturated rings. The van der Waals surface area contributed by atoms with E-state index in [2.05, 4.69) is 16.9 Å². The standard InChI is InChI=1S/C15H26N4O2S2/c1-5-6-7-11-18(3)15(16-2)17-10-12-19(4)23(20,21)14-9-8-13-22-14/h5,8-9,13H,1,6-7,10-12H2,2-4H3,(H,16,17). The second kappa shape index (κ2) is 9.69. The SMILES string of the molecule is C=CCCCN(C)C(=NC)NCCN(C)S(=O)(=O)c1cccs1. The average Bonchev–Trinajstić information content (AvgIpc) is 3.06. The van der Waals surface area contributed by atoms with Crippen molar-refractivity contribution >= 4 is 27.3 Å². The van der Waals surface area contributed by atoms with Gasteiger partial charge in [0.05, 0.1) is 0 Å². The van der Waals surface area contributed by atoms with Crippen LogP contribution in [-0.4, -0.2) is 64.4 Å². The van der Waals surface area contributed by atoms with E-state index in [4.69, 9.17) is 0 Å². The van der Waals surface area contributed by atoms with Gasteiger partial charge in [-0.05, 0) is 24.3 Å². The van der Waals surface area contributed by atoms with Gasteiger partial charge in [-0.2, -0.15) is 4.31 Å². The lowest BCUT2D eigenvalue weighted by atomic mass is 10.3. The van der Waals surface area contributed by atoms with Crippen LogP contribution in [0.25, 0.3) is 0 Å². The number of hydrogen-bond donors (Lipinski definition) is 1. The quantitative estimate of drug-likeness (QED) is 0.317. The Kier molecular flexibility index (Phi) is 8.29. The van der Waals surface area contributed by atoms with Gasteiger partial charge in [-0.15, -0.1) is 17.9 Å². The Labute approximate surface area is 143 Å². The molecule has 1 N–H and O–H groups in total. The van der Waals surface area contributed by atoms with Crippen molar-refractivity contribution in [2.45, 2.75) is 17.1 Å². The molecule has 0 aliphatic rings. The first-order chi connectivity index (χ1) is 10.9. The van der Waals surface area contributed by atoms with Gasteiger partial charge in [0.1, 0.15) is 4.21 Å². The van der Waals surface area contributed by atoms with Crippen molar-refractivity contribution in [3.05, 3.63) is 30.2 Å². The van der Waals surface area contributed by atoms with Crippen molar-refractivity contribution in [1.29, 1.82) is 0 Å². The van der Waals surface area contributed by atoms with E-state index in [-0.39, 0.29) is 0 Å². The van der Waals surface area contributed by atoms with E-state index >= 15 is 0 Å². The zero-order valence-corrected chi connectivity index (χ0v) is 15.7. The average molecular weight is 359 g/mol. The highest BCUT2D eigenvalue weighted by atomic mass is 32.2. The molecule has 8 heteroatoms. The fraction of sp³-hybridized carbons (Fsp3) is 0.533. The van der Waals surface area contributed by atoms with Gasteiger partial charge >= 0.3 is 0 Å². The van der Waals surface area contributed by atoms with Gasteiger partial charge < -0.3 is 10.2 Å². The molecule has 0 amide bonds. The van der Waals surface area contributed by atoms with Crippen LogP contribution in [0.3, 0.4) is 0 Å². The zero-order chi connectivity index (χ0) is 17.3. The molecule has 0 radical (unpaired) electrons. The number of aliphatic imine (C=N–C) groups is 1. The summed E-state index contributed by atoms with van der Waals surface area (Å²) in [6, 6.07) is 3.36. The van der Waals surface area contributed by atoms with Crippen LogP contribution in [0.1, 0.15) is 12.8 Å². The van der Waals surface area contributed by atoms with Gasteiger partial charge in [0, 0.05) is 40.8 Å². The van der Waals surface area contributed by atoms with Gasteiger partial charge in [0.2, 0.25) is 0 Å². The maximum atomic E-state index is 12.3. The molecule has 0 unspecified atom stereocenters. The van der Waals surface area contributed by atoms with Crippen LogP contribution in [0.4, 0.5) is 0 Å². The maximum absolute atomic E-state index is 12.3. The summed E-state index contributed by atoms with van der Waals surface area (Å²) in [5.41, 5.74) is 0. The molecular formula is C15H26N4O2S2. The van der Waals surface area contributed by atoms with Crippen molar-refractivity contribution in [3.63, 3.8) is 0 Å². The van der Waals surface area contributed by atoms with Gasteiger partial charge in [0.15, 0.2) is 5.96 Å². The first-order valence-electron chi connectivity index (χ1n) is 7.46. The van der Waals surface area contributed by atoms with Crippen LogP contribution in [0.5, 0.6) is 0 Å². The van der Waals surface area contributed by atoms with E-state index < -0.39 is 10.0 Å². The van der Waals surface area contributed by atoms with E-state index in [0.717, 1.165) is 25.3 Å². The molecule has 0 atom stereocenters. The van der Waals surface area contributed by atoms with Crippen LogP contribution in [-0.2, 0) is 10.0 Å². The summed E-state index contributed by atoms with van der Waals surface area (Å²) >= 11 is 1.23. The summed E-state index contributed by atoms with van der Waals surface area (Å²) < 4.78 is 26.3. The molecule has 1 aromatic heterocycles. The maximum Gasteiger partial charge on any atom is 0.252 e. The number of unbranched alkanes of at least 4 members (excludes halogenated alkanes) is 1. The minimum absolute atomic E-state index is 0.367. The van der Waals surface area contributed by atoms with Gasteiger partial charge in [0.25, 0.3) is 10.0 Å². The summed E-state index contributed by atoms with van der Waals surface area (Å²) in [6.07, 6.45) is 3.87. The van der Waals surface area contributed by atoms with Crippen molar-refractivity contribution in [2.24, 2.45) is 4.99 Å². The zero-order valence-electron chi connectivity index (χ0n) is 14.0. The number of sulfonamides is 1. The number of allylic oxidation sites excluding steroid dienone is 1. The Bertz CT molecular complexity index is 597. The molecule has 0 saturated carbocycles. The highest BCUT2D eigenvalue weighted by molar-refractivity contribution is 7.91. The number of guanidine groups is 1. The predicted octanol–water partition coefficient (Wildman–Crippen LogP) is 1.84. The molecule has 23 heavy (non-hydrogen) atoms. The summed E-state index contributed by atoms with van der Waals surface area (Å²) in [5.74, 6) is 0.760. The van der Waals surface area contributed by atoms with Crippen molar-refractivity contribution in [1.82, 2.24) is 14.5 Å². The monoisotopic (exact) mass is 358 g/mol. The van der Waals surface area contributed by atoms with E-state index in [9.17, 15) is 8.42 Å². The highest BCUT2D eigenvalue weighted by Gasteiger charge is 2.21. The Hall–Kier alpha value is -1.38. The lowest BCUT2D eigenvalue weighted by molar-refractivity contribution is 0.449. The van der Waals surface area contributed by atoms with Crippen molar-refractivity contribution in [2.75, 3.05) is 40.8 Å². The summed E-state index contributed by atoms with van der Waals surface area (Å²) in [4.78, 5) is 6.24. The Morgan fingerprint density at radius 2 is 2.17 bits per heavy atom. The lowest BCUT2D eigenvalue weighted by Gasteiger charge is -2.23. The summed E-state index contributed by atoms with van der Waals surface area (Å²) in [5, 5.41) is 4.95. The van der Waals surface area contributed by atoms with Crippen LogP contribution >= 0.6 is 11.3 Å². The molecule has 1 heterocycles. The minimum Gasteiger partial charge on any atom is -0.355 e. The molecule has 0 aromatic carbocycles. The topological polar surface area (TPSA) is 65.0 Å². The fourth-order valence-corrected chi connectivity index (χ4v) is 4.35. The summed E-state index contributed by atoms with van der Waals surface area (Å²) in [6.45, 7) is 5.45. The van der Waals surface area contributed by atoms with Crippen LogP contribution in [0, 0.1) is 0 Å². The Morgan fingerprint density at radius 3 is 2.74 bits per heavy atom. The van der Waals surface area contributed by atoms with Crippen LogP contribution < -0.4 is 5.32 Å². The van der Waals surface area contributed by atoms with Gasteiger partial charge in [-0.25, -0.2) is 8.42 Å². The molecule has 1 aromatic rings. The molecule has 130 valence electrons. The number of likely N-dealkylation sites (N-methyl/N-ethyl adjacent to an activating group) is 1. The number of thiophene rings is 1. The van der Waals surface area contributed by atoms with E-state index in [1.165, 1.54) is 15.6 Å². The third-order valence-corrected chi connectivity index (χ3v) is 6.57. The number of nitrogens with one attached hydrogen (secondary N) is 1. The summed E-state index contributed by atoms with van der Waals surface area (Å²) in [7, 11) is 1.88. The van der Waals surface area contributed by atoms with E-state index in [1.807, 2.05) is 18.0 Å². The van der Waals surface area contributed by atoms with E-state index in [0.29, 0.717) is 17.3 Å². The van der Waals surface area contributed by atoms with Crippen molar-refractivity contribution in [3.8, 4) is 0 Å². The predicted molar refractivity (Wildman–Crippen MR) is 97.6 cm³/mol. The third kappa shape index (κ3) is 5.96. The largest absolute Gasteiger partial charge is 0.355 e. The molecule has 0 spiro atoms. The minimum atomic E-state index is -3.39. The number of hydrogen-bond acceptors (Lipinski definition) is 4. The smallest absolute Gasteiger partial charge is 0.252 e. The third-order valence-electron chi connectivity index (χ3n) is 3.34.